The number of rotatable bonds is 3. The Kier molecular flexibility index (Phi) is 4.44. The molecule has 0 aliphatic carbocycles. The molecular formula is C21H20N2O2. The van der Waals surface area contributed by atoms with Gasteiger partial charge in [-0.3, -0.25) is 0 Å². The molecule has 0 heterocycles. The van der Waals surface area contributed by atoms with Gasteiger partial charge in [0.1, 0.15) is 5.75 Å². The average molecular weight is 332 g/mol. The lowest BCUT2D eigenvalue weighted by atomic mass is 9.88. The summed E-state index contributed by atoms with van der Waals surface area (Å²) in [6.45, 7) is 4.00. The van der Waals surface area contributed by atoms with Crippen molar-refractivity contribution in [2.45, 2.75) is 13.8 Å². The van der Waals surface area contributed by atoms with E-state index in [1.165, 1.54) is 0 Å². The molecule has 25 heavy (non-hydrogen) atoms. The molecule has 0 aromatic heterocycles. The van der Waals surface area contributed by atoms with Gasteiger partial charge in [-0.05, 0) is 54.3 Å². The van der Waals surface area contributed by atoms with Crippen molar-refractivity contribution in [1.29, 1.82) is 0 Å². The molecule has 4 nitrogen and oxygen atoms in total. The van der Waals surface area contributed by atoms with E-state index < -0.39 is 0 Å². The highest BCUT2D eigenvalue weighted by molar-refractivity contribution is 6.06. The second-order valence-corrected chi connectivity index (χ2v) is 6.13. The zero-order chi connectivity index (χ0) is 18.0. The summed E-state index contributed by atoms with van der Waals surface area (Å²) in [5.41, 5.74) is 12.6. The quantitative estimate of drug-likeness (QED) is 0.287. The number of oxime groups is 1. The van der Waals surface area contributed by atoms with Crippen LogP contribution in [0.15, 0.2) is 65.8 Å². The number of aryl methyl sites for hydroxylation is 2. The minimum absolute atomic E-state index is 0.0688. The van der Waals surface area contributed by atoms with E-state index in [4.69, 9.17) is 5.73 Å². The van der Waals surface area contributed by atoms with Crippen LogP contribution < -0.4 is 5.73 Å². The molecule has 0 aliphatic rings. The van der Waals surface area contributed by atoms with Gasteiger partial charge in [-0.2, -0.15) is 0 Å². The molecule has 0 aliphatic heterocycles. The van der Waals surface area contributed by atoms with Crippen LogP contribution in [0.4, 0.5) is 0 Å². The van der Waals surface area contributed by atoms with Crippen molar-refractivity contribution in [2.75, 3.05) is 0 Å². The lowest BCUT2D eigenvalue weighted by Gasteiger charge is -2.17. The predicted molar refractivity (Wildman–Crippen MR) is 101 cm³/mol. The van der Waals surface area contributed by atoms with Crippen molar-refractivity contribution in [1.82, 2.24) is 0 Å². The second-order valence-electron chi connectivity index (χ2n) is 6.13. The first-order chi connectivity index (χ1) is 12.0. The zero-order valence-corrected chi connectivity index (χ0v) is 14.2. The van der Waals surface area contributed by atoms with Gasteiger partial charge in [0, 0.05) is 11.1 Å². The predicted octanol–water partition coefficient (Wildman–Crippen LogP) is 4.44. The number of nitrogens with two attached hydrogens (primary N) is 1. The maximum atomic E-state index is 9.58. The number of nitrogens with zero attached hydrogens (tertiary/aromatic N) is 1. The first-order valence-electron chi connectivity index (χ1n) is 7.98. The SMILES string of the molecule is Cc1ccc(-c2c(/C(N)=N/O)cc(C)cc2-c2ccc(O)cc2)cc1. The highest BCUT2D eigenvalue weighted by Crippen LogP contribution is 2.36. The topological polar surface area (TPSA) is 78.8 Å². The van der Waals surface area contributed by atoms with E-state index in [0.29, 0.717) is 5.56 Å². The fraction of sp³-hybridized carbons (Fsp3) is 0.0952. The third-order valence-electron chi connectivity index (χ3n) is 4.18. The first kappa shape index (κ1) is 16.6. The lowest BCUT2D eigenvalue weighted by molar-refractivity contribution is 0.318. The molecular weight excluding hydrogens is 312 g/mol. The number of aromatic hydroxyl groups is 1. The van der Waals surface area contributed by atoms with E-state index in [2.05, 4.69) is 11.2 Å². The molecule has 4 heteroatoms. The minimum atomic E-state index is 0.0688. The minimum Gasteiger partial charge on any atom is -0.508 e. The largest absolute Gasteiger partial charge is 0.508 e. The molecule has 0 amide bonds. The van der Waals surface area contributed by atoms with Crippen molar-refractivity contribution in [2.24, 2.45) is 10.9 Å². The molecule has 0 fully saturated rings. The molecule has 126 valence electrons. The van der Waals surface area contributed by atoms with Crippen molar-refractivity contribution in [3.63, 3.8) is 0 Å². The summed E-state index contributed by atoms with van der Waals surface area (Å²) in [6.07, 6.45) is 0. The van der Waals surface area contributed by atoms with Crippen LogP contribution in [0.25, 0.3) is 22.3 Å². The summed E-state index contributed by atoms with van der Waals surface area (Å²) >= 11 is 0. The van der Waals surface area contributed by atoms with E-state index in [1.807, 2.05) is 56.3 Å². The van der Waals surface area contributed by atoms with Crippen molar-refractivity contribution >= 4 is 5.84 Å². The Labute approximate surface area is 146 Å². The van der Waals surface area contributed by atoms with Gasteiger partial charge in [0.05, 0.1) is 0 Å². The number of hydrogen-bond donors (Lipinski definition) is 3. The van der Waals surface area contributed by atoms with Gasteiger partial charge in [-0.1, -0.05) is 53.2 Å². The summed E-state index contributed by atoms with van der Waals surface area (Å²) in [6, 6.07) is 19.1. The molecule has 0 atom stereocenters. The van der Waals surface area contributed by atoms with Gasteiger partial charge in [0.25, 0.3) is 0 Å². The standard InChI is InChI=1S/C21H20N2O2/c1-13-3-5-16(6-4-13)20-18(15-7-9-17(24)10-8-15)11-14(2)12-19(20)21(22)23-25/h3-12,24-25H,1-2H3,(H2,22,23). The number of phenols is 1. The third kappa shape index (κ3) is 3.33. The van der Waals surface area contributed by atoms with Crippen molar-refractivity contribution in [3.8, 4) is 28.0 Å². The van der Waals surface area contributed by atoms with Gasteiger partial charge in [0.2, 0.25) is 0 Å². The number of hydrogen-bond acceptors (Lipinski definition) is 3. The number of benzene rings is 3. The Morgan fingerprint density at radius 2 is 1.44 bits per heavy atom. The van der Waals surface area contributed by atoms with E-state index >= 15 is 0 Å². The molecule has 0 spiro atoms. The fourth-order valence-electron chi connectivity index (χ4n) is 2.94. The fourth-order valence-corrected chi connectivity index (χ4v) is 2.94. The Hall–Kier alpha value is -3.27. The maximum absolute atomic E-state index is 9.58. The summed E-state index contributed by atoms with van der Waals surface area (Å²) in [5.74, 6) is 0.282. The molecule has 0 saturated carbocycles. The summed E-state index contributed by atoms with van der Waals surface area (Å²) < 4.78 is 0. The molecule has 3 aromatic rings. The summed E-state index contributed by atoms with van der Waals surface area (Å²) in [4.78, 5) is 0. The Morgan fingerprint density at radius 1 is 0.840 bits per heavy atom. The van der Waals surface area contributed by atoms with Crippen LogP contribution in [0.1, 0.15) is 16.7 Å². The lowest BCUT2D eigenvalue weighted by Crippen LogP contribution is -2.15. The van der Waals surface area contributed by atoms with Crippen LogP contribution in [-0.4, -0.2) is 16.1 Å². The van der Waals surface area contributed by atoms with E-state index in [1.54, 1.807) is 12.1 Å². The van der Waals surface area contributed by atoms with E-state index in [-0.39, 0.29) is 11.6 Å². The van der Waals surface area contributed by atoms with Gasteiger partial charge >= 0.3 is 0 Å². The highest BCUT2D eigenvalue weighted by atomic mass is 16.4. The Bertz CT molecular complexity index is 927. The molecule has 0 saturated heterocycles. The molecule has 0 radical (unpaired) electrons. The van der Waals surface area contributed by atoms with Gasteiger partial charge in [-0.15, -0.1) is 0 Å². The van der Waals surface area contributed by atoms with Crippen molar-refractivity contribution < 1.29 is 10.3 Å². The maximum Gasteiger partial charge on any atom is 0.170 e. The third-order valence-corrected chi connectivity index (χ3v) is 4.18. The summed E-state index contributed by atoms with van der Waals surface area (Å²) in [7, 11) is 0. The molecule has 4 N–H and O–H groups in total. The van der Waals surface area contributed by atoms with Crippen LogP contribution in [0.5, 0.6) is 5.75 Å². The number of amidine groups is 1. The Morgan fingerprint density at radius 3 is 2.04 bits per heavy atom. The number of phenolic OH excluding ortho intramolecular Hbond substituents is 1. The van der Waals surface area contributed by atoms with Crippen LogP contribution in [-0.2, 0) is 0 Å². The zero-order valence-electron chi connectivity index (χ0n) is 14.2. The van der Waals surface area contributed by atoms with Crippen molar-refractivity contribution in [3.05, 3.63) is 77.4 Å². The van der Waals surface area contributed by atoms with Crippen LogP contribution in [0, 0.1) is 13.8 Å². The molecule has 3 aromatic carbocycles. The highest BCUT2D eigenvalue weighted by Gasteiger charge is 2.16. The van der Waals surface area contributed by atoms with Crippen LogP contribution in [0.2, 0.25) is 0 Å². The smallest absolute Gasteiger partial charge is 0.170 e. The van der Waals surface area contributed by atoms with E-state index in [9.17, 15) is 10.3 Å². The molecule has 0 bridgehead atoms. The van der Waals surface area contributed by atoms with E-state index in [0.717, 1.165) is 33.4 Å². The second kappa shape index (κ2) is 6.69. The molecule has 0 unspecified atom stereocenters. The van der Waals surface area contributed by atoms with Crippen LogP contribution in [0.3, 0.4) is 0 Å². The normalized spacial score (nSPS) is 11.5. The molecule has 3 rings (SSSR count). The summed E-state index contributed by atoms with van der Waals surface area (Å²) in [5, 5.41) is 22.0. The average Bonchev–Trinajstić information content (AvgIpc) is 2.62. The first-order valence-corrected chi connectivity index (χ1v) is 7.98. The van der Waals surface area contributed by atoms with Gasteiger partial charge in [0.15, 0.2) is 5.84 Å². The monoisotopic (exact) mass is 332 g/mol. The van der Waals surface area contributed by atoms with Gasteiger partial charge in [-0.25, -0.2) is 0 Å². The van der Waals surface area contributed by atoms with Crippen LogP contribution >= 0.6 is 0 Å². The van der Waals surface area contributed by atoms with Gasteiger partial charge < -0.3 is 16.0 Å². The Balaban J connectivity index is 2.35.